The highest BCUT2D eigenvalue weighted by atomic mass is 16.5. The van der Waals surface area contributed by atoms with Crippen molar-refractivity contribution in [3.63, 3.8) is 0 Å². The molecule has 0 fully saturated rings. The Bertz CT molecular complexity index is 525. The molecule has 0 aromatic carbocycles. The van der Waals surface area contributed by atoms with Gasteiger partial charge >= 0.3 is 11.9 Å². The third-order valence-electron chi connectivity index (χ3n) is 5.66. The third-order valence-corrected chi connectivity index (χ3v) is 5.66. The first-order valence-electron chi connectivity index (χ1n) is 13.6. The van der Waals surface area contributed by atoms with Crippen LogP contribution in [0.1, 0.15) is 130 Å². The first-order valence-corrected chi connectivity index (χ1v) is 13.6. The number of esters is 2. The summed E-state index contributed by atoms with van der Waals surface area (Å²) in [6, 6.07) is 0. The molecule has 34 heavy (non-hydrogen) atoms. The van der Waals surface area contributed by atoms with Crippen LogP contribution >= 0.6 is 0 Å². The van der Waals surface area contributed by atoms with Crippen molar-refractivity contribution in [1.29, 1.82) is 0 Å². The fourth-order valence-electron chi connectivity index (χ4n) is 3.31. The highest BCUT2D eigenvalue weighted by molar-refractivity contribution is 5.87. The average Bonchev–Trinajstić information content (AvgIpc) is 2.83. The molecule has 0 aromatic rings. The normalized spacial score (nSPS) is 10.9. The van der Waals surface area contributed by atoms with Gasteiger partial charge in [-0.15, -0.1) is 0 Å². The summed E-state index contributed by atoms with van der Waals surface area (Å²) in [6.45, 7) is 11.5. The third kappa shape index (κ3) is 26.6. The maximum Gasteiger partial charge on any atom is 0.333 e. The summed E-state index contributed by atoms with van der Waals surface area (Å²) in [5, 5.41) is 8.27. The van der Waals surface area contributed by atoms with Crippen LogP contribution in [0, 0.1) is 0 Å². The summed E-state index contributed by atoms with van der Waals surface area (Å²) in [7, 11) is 0. The molecule has 0 atom stereocenters. The number of unbranched alkanes of at least 4 members (excludes halogenated alkanes) is 15. The van der Waals surface area contributed by atoms with Crippen LogP contribution in [0.5, 0.6) is 0 Å². The van der Waals surface area contributed by atoms with Crippen LogP contribution in [-0.2, 0) is 19.1 Å². The van der Waals surface area contributed by atoms with Crippen LogP contribution in [-0.4, -0.2) is 36.9 Å². The van der Waals surface area contributed by atoms with Crippen molar-refractivity contribution >= 4 is 11.9 Å². The van der Waals surface area contributed by atoms with Gasteiger partial charge in [-0.25, -0.2) is 9.59 Å². The Balaban J connectivity index is 0. The lowest BCUT2D eigenvalue weighted by Gasteiger charge is -2.05. The van der Waals surface area contributed by atoms with Gasteiger partial charge in [0.1, 0.15) is 6.61 Å². The maximum atomic E-state index is 11.2. The largest absolute Gasteiger partial charge is 0.462 e. The molecular formula is C29H54O5. The van der Waals surface area contributed by atoms with Crippen molar-refractivity contribution in [3.8, 4) is 0 Å². The van der Waals surface area contributed by atoms with Crippen LogP contribution in [0.4, 0.5) is 0 Å². The molecule has 0 aliphatic heterocycles. The Morgan fingerprint density at radius 1 is 0.676 bits per heavy atom. The van der Waals surface area contributed by atoms with E-state index in [2.05, 4.69) is 18.2 Å². The van der Waals surface area contributed by atoms with Gasteiger partial charge in [-0.3, -0.25) is 0 Å². The van der Waals surface area contributed by atoms with E-state index in [0.29, 0.717) is 17.8 Å². The quantitative estimate of drug-likeness (QED) is 0.102. The lowest BCUT2D eigenvalue weighted by atomic mass is 10.0. The van der Waals surface area contributed by atoms with Crippen molar-refractivity contribution < 1.29 is 24.2 Å². The van der Waals surface area contributed by atoms with E-state index in [0.717, 1.165) is 6.42 Å². The van der Waals surface area contributed by atoms with Gasteiger partial charge in [0.2, 0.25) is 0 Å². The van der Waals surface area contributed by atoms with Crippen molar-refractivity contribution in [2.45, 2.75) is 130 Å². The molecule has 0 heterocycles. The van der Waals surface area contributed by atoms with E-state index in [1.807, 2.05) is 0 Å². The molecule has 5 heteroatoms. The number of aliphatic hydroxyl groups is 1. The first kappa shape index (κ1) is 34.5. The molecule has 0 aromatic heterocycles. The minimum absolute atomic E-state index is 0.0734. The molecule has 0 rings (SSSR count). The minimum atomic E-state index is -0.364. The van der Waals surface area contributed by atoms with Gasteiger partial charge in [-0.2, -0.15) is 0 Å². The molecule has 0 bridgehead atoms. The highest BCUT2D eigenvalue weighted by Crippen LogP contribution is 2.13. The van der Waals surface area contributed by atoms with Crippen LogP contribution in [0.2, 0.25) is 0 Å². The molecule has 0 amide bonds. The van der Waals surface area contributed by atoms with Gasteiger partial charge < -0.3 is 14.6 Å². The van der Waals surface area contributed by atoms with Crippen molar-refractivity contribution in [3.05, 3.63) is 23.8 Å². The van der Waals surface area contributed by atoms with E-state index < -0.39 is 0 Å². The fourth-order valence-corrected chi connectivity index (χ4v) is 3.31. The second kappa shape index (κ2) is 27.6. The summed E-state index contributed by atoms with van der Waals surface area (Å²) in [5.74, 6) is -0.618. The first-order chi connectivity index (χ1) is 16.4. The van der Waals surface area contributed by atoms with Gasteiger partial charge in [-0.05, 0) is 27.2 Å². The van der Waals surface area contributed by atoms with E-state index in [-0.39, 0.29) is 25.2 Å². The number of hydrogen-bond acceptors (Lipinski definition) is 5. The lowest BCUT2D eigenvalue weighted by Crippen LogP contribution is -2.08. The molecule has 5 nitrogen and oxygen atoms in total. The molecule has 1 N–H and O–H groups in total. The molecule has 0 radical (unpaired) electrons. The number of carbonyl (C=O) groups excluding carboxylic acids is 2. The summed E-state index contributed by atoms with van der Waals surface area (Å²) >= 11 is 0. The molecule has 0 saturated carbocycles. The van der Waals surface area contributed by atoms with Gasteiger partial charge in [0.25, 0.3) is 0 Å². The zero-order valence-electron chi connectivity index (χ0n) is 22.8. The summed E-state index contributed by atoms with van der Waals surface area (Å²) in [4.78, 5) is 21.9. The Kier molecular flexibility index (Phi) is 28.1. The van der Waals surface area contributed by atoms with Crippen LogP contribution in [0.15, 0.2) is 23.8 Å². The topological polar surface area (TPSA) is 72.8 Å². The van der Waals surface area contributed by atoms with E-state index in [9.17, 15) is 9.59 Å². The van der Waals surface area contributed by atoms with Crippen LogP contribution < -0.4 is 0 Å². The number of rotatable bonds is 21. The molecule has 0 spiro atoms. The van der Waals surface area contributed by atoms with Gasteiger partial charge in [-0.1, -0.05) is 116 Å². The van der Waals surface area contributed by atoms with E-state index in [1.54, 1.807) is 26.8 Å². The summed E-state index contributed by atoms with van der Waals surface area (Å²) in [5.41, 5.74) is 1.06. The number of carbonyl (C=O) groups is 2. The molecule has 200 valence electrons. The molecule has 0 saturated heterocycles. The van der Waals surface area contributed by atoms with Gasteiger partial charge in [0, 0.05) is 11.1 Å². The van der Waals surface area contributed by atoms with E-state index in [4.69, 9.17) is 9.84 Å². The molecule has 0 aliphatic rings. The Morgan fingerprint density at radius 2 is 1.06 bits per heavy atom. The zero-order valence-corrected chi connectivity index (χ0v) is 22.8. The van der Waals surface area contributed by atoms with Gasteiger partial charge in [0.05, 0.1) is 13.2 Å². The van der Waals surface area contributed by atoms with Crippen molar-refractivity contribution in [2.75, 3.05) is 19.8 Å². The molecular weight excluding hydrogens is 428 g/mol. The second-order valence-corrected chi connectivity index (χ2v) is 9.05. The Morgan fingerprint density at radius 3 is 1.41 bits per heavy atom. The van der Waals surface area contributed by atoms with Crippen molar-refractivity contribution in [2.24, 2.45) is 0 Å². The van der Waals surface area contributed by atoms with E-state index >= 15 is 0 Å². The highest BCUT2D eigenvalue weighted by Gasteiger charge is 2.02. The average molecular weight is 483 g/mol. The van der Waals surface area contributed by atoms with Crippen LogP contribution in [0.3, 0.4) is 0 Å². The number of hydrogen-bond donors (Lipinski definition) is 1. The zero-order chi connectivity index (χ0) is 25.9. The minimum Gasteiger partial charge on any atom is -0.462 e. The number of aliphatic hydroxyl groups excluding tert-OH is 1. The maximum absolute atomic E-state index is 11.2. The molecule has 0 unspecified atom stereocenters. The predicted molar refractivity (Wildman–Crippen MR) is 143 cm³/mol. The monoisotopic (exact) mass is 482 g/mol. The smallest absolute Gasteiger partial charge is 0.333 e. The Labute approximate surface area is 210 Å². The summed E-state index contributed by atoms with van der Waals surface area (Å²) < 4.78 is 9.67. The van der Waals surface area contributed by atoms with E-state index in [1.165, 1.54) is 96.3 Å². The number of ether oxygens (including phenoxy) is 2. The Hall–Kier alpha value is -1.62. The molecule has 0 aliphatic carbocycles. The SMILES string of the molecule is C=C(C)C(=O)OCCCCCCCCCCCCCCCCCC.CC=C(C)C(=O)OCCO. The second-order valence-electron chi connectivity index (χ2n) is 9.05. The predicted octanol–water partition coefficient (Wildman–Crippen LogP) is 7.86. The standard InChI is InChI=1S/C22H42O2.C7H12O3/c1-4-5-6-7-8-9-10-11-12-13-14-15-16-17-18-19-20-24-22(23)21(2)3;1-3-6(2)7(9)10-5-4-8/h2,4-20H2,1,3H3;3,8H,4-5H2,1-2H3. The fraction of sp³-hybridized carbons (Fsp3) is 0.793. The lowest BCUT2D eigenvalue weighted by molar-refractivity contribution is -0.140. The van der Waals surface area contributed by atoms with Gasteiger partial charge in [0.15, 0.2) is 0 Å². The number of allylic oxidation sites excluding steroid dienone is 1. The summed E-state index contributed by atoms with van der Waals surface area (Å²) in [6.07, 6.45) is 23.4. The van der Waals surface area contributed by atoms with Crippen molar-refractivity contribution in [1.82, 2.24) is 0 Å². The van der Waals surface area contributed by atoms with Crippen LogP contribution in [0.25, 0.3) is 0 Å².